The summed E-state index contributed by atoms with van der Waals surface area (Å²) in [6.07, 6.45) is 2.56. The van der Waals surface area contributed by atoms with E-state index >= 15 is 0 Å². The van der Waals surface area contributed by atoms with Crippen molar-refractivity contribution in [3.8, 4) is 11.1 Å². The minimum atomic E-state index is -3.53. The Morgan fingerprint density at radius 1 is 1.00 bits per heavy atom. The zero-order valence-corrected chi connectivity index (χ0v) is 16.7. The molecule has 0 unspecified atom stereocenters. The topological polar surface area (TPSA) is 62.5 Å². The van der Waals surface area contributed by atoms with Gasteiger partial charge in [0.2, 0.25) is 10.0 Å². The molecule has 0 atom stereocenters. The lowest BCUT2D eigenvalue weighted by molar-refractivity contribution is 0.179. The minimum absolute atomic E-state index is 0.0446. The normalized spacial score (nSPS) is 11.3. The second kappa shape index (κ2) is 7.54. The zero-order valence-electron chi connectivity index (χ0n) is 15.0. The Balaban J connectivity index is 1.95. The second-order valence-corrected chi connectivity index (χ2v) is 8.66. The number of anilines is 1. The lowest BCUT2D eigenvalue weighted by atomic mass is 10.0. The van der Waals surface area contributed by atoms with Crippen LogP contribution in [0, 0.1) is 11.6 Å². The Hall–Kier alpha value is -2.64. The highest BCUT2D eigenvalue weighted by Crippen LogP contribution is 2.26. The van der Waals surface area contributed by atoms with E-state index in [4.69, 9.17) is 12.2 Å². The molecule has 7 heteroatoms. The van der Waals surface area contributed by atoms with Gasteiger partial charge in [-0.1, -0.05) is 60.2 Å². The molecule has 5 nitrogen and oxygen atoms in total. The van der Waals surface area contributed by atoms with Crippen LogP contribution in [0.4, 0.5) is 5.69 Å². The number of rotatable bonds is 5. The number of sulfonamides is 1. The van der Waals surface area contributed by atoms with Crippen molar-refractivity contribution in [3.05, 3.63) is 82.6 Å². The van der Waals surface area contributed by atoms with E-state index in [2.05, 4.69) is 0 Å². The monoisotopic (exact) mass is 400 g/mol. The highest BCUT2D eigenvalue weighted by Gasteiger charge is 2.19. The van der Waals surface area contributed by atoms with E-state index in [9.17, 15) is 13.6 Å². The van der Waals surface area contributed by atoms with E-state index in [1.807, 2.05) is 43.3 Å². The van der Waals surface area contributed by atoms with Gasteiger partial charge < -0.3 is 5.21 Å². The van der Waals surface area contributed by atoms with Crippen molar-refractivity contribution in [1.82, 2.24) is 4.73 Å². The third-order valence-corrected chi connectivity index (χ3v) is 5.85. The van der Waals surface area contributed by atoms with Gasteiger partial charge in [0.1, 0.15) is 4.64 Å². The van der Waals surface area contributed by atoms with Crippen molar-refractivity contribution in [2.45, 2.75) is 13.5 Å². The van der Waals surface area contributed by atoms with Gasteiger partial charge in [-0.25, -0.2) is 8.42 Å². The lowest BCUT2D eigenvalue weighted by Crippen LogP contribution is -2.29. The van der Waals surface area contributed by atoms with Crippen molar-refractivity contribution < 1.29 is 13.6 Å². The first-order chi connectivity index (χ1) is 12.8. The second-order valence-electron chi connectivity index (χ2n) is 6.37. The summed E-state index contributed by atoms with van der Waals surface area (Å²) in [7, 11) is -3.53. The first-order valence-corrected chi connectivity index (χ1v) is 10.6. The van der Waals surface area contributed by atoms with Gasteiger partial charge >= 0.3 is 0 Å². The standard InChI is InChI=1S/C20H20N2O3S2/c1-15-5-7-16(8-6-15)17-9-11-19(12-10-17)22(27(2,24)25)14-18-4-3-13-21(23)20(18)26/h3-13,23H,14H2,1-2H3. The molecule has 3 aromatic rings. The van der Waals surface area contributed by atoms with Crippen molar-refractivity contribution in [2.75, 3.05) is 10.6 Å². The SMILES string of the molecule is Cc1ccc(-c2ccc(N(Cc3cccn(O)c3=S)S(C)(=O)=O)cc2)cc1. The first-order valence-electron chi connectivity index (χ1n) is 8.30. The Labute approximate surface area is 164 Å². The van der Waals surface area contributed by atoms with Crippen LogP contribution in [-0.2, 0) is 16.6 Å². The fourth-order valence-corrected chi connectivity index (χ4v) is 3.84. The van der Waals surface area contributed by atoms with Crippen molar-refractivity contribution in [1.29, 1.82) is 0 Å². The van der Waals surface area contributed by atoms with Gasteiger partial charge in [0.05, 0.1) is 18.5 Å². The van der Waals surface area contributed by atoms with Crippen molar-refractivity contribution >= 4 is 27.9 Å². The average Bonchev–Trinajstić information content (AvgIpc) is 2.63. The Morgan fingerprint density at radius 3 is 2.11 bits per heavy atom. The predicted molar refractivity (Wildman–Crippen MR) is 110 cm³/mol. The molecule has 0 fully saturated rings. The molecule has 0 aliphatic carbocycles. The maximum absolute atomic E-state index is 12.3. The molecule has 0 amide bonds. The van der Waals surface area contributed by atoms with Gasteiger partial charge in [-0.2, -0.15) is 4.73 Å². The summed E-state index contributed by atoms with van der Waals surface area (Å²) < 4.78 is 27.0. The van der Waals surface area contributed by atoms with Crippen LogP contribution in [0.15, 0.2) is 66.9 Å². The van der Waals surface area contributed by atoms with Gasteiger partial charge in [0.15, 0.2) is 0 Å². The van der Waals surface area contributed by atoms with Crippen LogP contribution in [-0.4, -0.2) is 24.6 Å². The molecule has 0 aliphatic heterocycles. The molecule has 140 valence electrons. The average molecular weight is 401 g/mol. The largest absolute Gasteiger partial charge is 0.428 e. The summed E-state index contributed by atoms with van der Waals surface area (Å²) >= 11 is 5.17. The van der Waals surface area contributed by atoms with Gasteiger partial charge in [-0.15, -0.1) is 0 Å². The van der Waals surface area contributed by atoms with Gasteiger partial charge in [-0.05, 0) is 36.2 Å². The van der Waals surface area contributed by atoms with Gasteiger partial charge in [0.25, 0.3) is 0 Å². The van der Waals surface area contributed by atoms with Crippen LogP contribution in [0.3, 0.4) is 0 Å². The van der Waals surface area contributed by atoms with Crippen LogP contribution in [0.5, 0.6) is 0 Å². The van der Waals surface area contributed by atoms with Crippen molar-refractivity contribution in [2.24, 2.45) is 0 Å². The molecule has 2 aromatic carbocycles. The summed E-state index contributed by atoms with van der Waals surface area (Å²) in [5.41, 5.74) is 4.33. The minimum Gasteiger partial charge on any atom is -0.428 e. The molecule has 0 saturated carbocycles. The molecule has 0 aliphatic rings. The van der Waals surface area contributed by atoms with E-state index < -0.39 is 10.0 Å². The van der Waals surface area contributed by atoms with E-state index in [1.54, 1.807) is 24.3 Å². The number of aromatic nitrogens is 1. The molecule has 1 N–H and O–H groups in total. The molecule has 3 rings (SSSR count). The summed E-state index contributed by atoms with van der Waals surface area (Å²) in [5.74, 6) is 0. The Morgan fingerprint density at radius 2 is 1.56 bits per heavy atom. The zero-order chi connectivity index (χ0) is 19.6. The van der Waals surface area contributed by atoms with Crippen LogP contribution < -0.4 is 4.31 Å². The smallest absolute Gasteiger partial charge is 0.232 e. The van der Waals surface area contributed by atoms with Crippen LogP contribution in [0.2, 0.25) is 0 Å². The molecule has 27 heavy (non-hydrogen) atoms. The molecule has 0 radical (unpaired) electrons. The highest BCUT2D eigenvalue weighted by molar-refractivity contribution is 7.92. The third-order valence-electron chi connectivity index (χ3n) is 4.26. The fourth-order valence-electron chi connectivity index (χ4n) is 2.77. The summed E-state index contributed by atoms with van der Waals surface area (Å²) in [4.78, 5) is 0. The number of pyridine rings is 1. The Kier molecular flexibility index (Phi) is 5.34. The first kappa shape index (κ1) is 19.1. The predicted octanol–water partition coefficient (Wildman–Crippen LogP) is 4.40. The van der Waals surface area contributed by atoms with E-state index in [1.165, 1.54) is 16.1 Å². The molecule has 1 heterocycles. The van der Waals surface area contributed by atoms with Gasteiger partial charge in [0, 0.05) is 11.8 Å². The third kappa shape index (κ3) is 4.37. The summed E-state index contributed by atoms with van der Waals surface area (Å²) in [5, 5.41) is 9.71. The van der Waals surface area contributed by atoms with Crippen LogP contribution in [0.25, 0.3) is 11.1 Å². The highest BCUT2D eigenvalue weighted by atomic mass is 32.2. The van der Waals surface area contributed by atoms with E-state index in [-0.39, 0.29) is 11.2 Å². The lowest BCUT2D eigenvalue weighted by Gasteiger charge is -2.23. The van der Waals surface area contributed by atoms with Crippen LogP contribution >= 0.6 is 12.2 Å². The molecule has 0 spiro atoms. The maximum atomic E-state index is 12.3. The molecule has 0 bridgehead atoms. The summed E-state index contributed by atoms with van der Waals surface area (Å²) in [6.45, 7) is 2.08. The van der Waals surface area contributed by atoms with Crippen LogP contribution in [0.1, 0.15) is 11.1 Å². The number of aryl methyl sites for hydroxylation is 1. The number of nitrogens with zero attached hydrogens (tertiary/aromatic N) is 2. The maximum Gasteiger partial charge on any atom is 0.232 e. The molecular formula is C20H20N2O3S2. The quantitative estimate of drug-likeness (QED) is 0.509. The molecular weight excluding hydrogens is 380 g/mol. The summed E-state index contributed by atoms with van der Waals surface area (Å²) in [6, 6.07) is 18.8. The Bertz CT molecular complexity index is 1100. The molecule has 1 aromatic heterocycles. The number of hydrogen-bond acceptors (Lipinski definition) is 4. The number of hydrogen-bond donors (Lipinski definition) is 1. The van der Waals surface area contributed by atoms with Gasteiger partial charge in [-0.3, -0.25) is 4.31 Å². The van der Waals surface area contributed by atoms with Crippen molar-refractivity contribution in [3.63, 3.8) is 0 Å². The van der Waals surface area contributed by atoms with E-state index in [0.717, 1.165) is 22.1 Å². The fraction of sp³-hybridized carbons (Fsp3) is 0.150. The van der Waals surface area contributed by atoms with E-state index in [0.29, 0.717) is 11.3 Å². The molecule has 0 saturated heterocycles. The number of benzene rings is 2.